The van der Waals surface area contributed by atoms with Gasteiger partial charge in [-0.2, -0.15) is 0 Å². The second-order valence-electron chi connectivity index (χ2n) is 6.04. The first-order chi connectivity index (χ1) is 14.1. The minimum Gasteiger partial charge on any atom is -0.465 e. The normalized spacial score (nSPS) is 12.8. The zero-order chi connectivity index (χ0) is 20.9. The lowest BCUT2D eigenvalue weighted by Crippen LogP contribution is -2.22. The van der Waals surface area contributed by atoms with Crippen LogP contribution in [0.2, 0.25) is 0 Å². The Labute approximate surface area is 169 Å². The van der Waals surface area contributed by atoms with Gasteiger partial charge in [-0.1, -0.05) is 18.2 Å². The highest BCUT2D eigenvalue weighted by atomic mass is 31.2. The van der Waals surface area contributed by atoms with Crippen molar-refractivity contribution in [3.63, 3.8) is 0 Å². The first kappa shape index (κ1) is 21.2. The van der Waals surface area contributed by atoms with Crippen LogP contribution in [-0.2, 0) is 23.1 Å². The van der Waals surface area contributed by atoms with Crippen molar-refractivity contribution in [2.75, 3.05) is 19.8 Å². The molecule has 0 spiro atoms. The molecule has 3 aromatic rings. The topological polar surface area (TPSA) is 92.5 Å². The summed E-state index contributed by atoms with van der Waals surface area (Å²) in [6, 6.07) is 11.0. The highest BCUT2D eigenvalue weighted by Gasteiger charge is 2.46. The second kappa shape index (κ2) is 9.31. The molecule has 0 fully saturated rings. The summed E-state index contributed by atoms with van der Waals surface area (Å²) in [4.78, 5) is 21.6. The van der Waals surface area contributed by atoms with Crippen molar-refractivity contribution in [3.8, 4) is 5.95 Å². The van der Waals surface area contributed by atoms with Crippen molar-refractivity contribution < 1.29 is 23.1 Å². The zero-order valence-electron chi connectivity index (χ0n) is 16.6. The van der Waals surface area contributed by atoms with Gasteiger partial charge >= 0.3 is 13.6 Å². The maximum Gasteiger partial charge on any atom is 0.350 e. The summed E-state index contributed by atoms with van der Waals surface area (Å²) in [7, 11) is -3.89. The predicted octanol–water partition coefficient (Wildman–Crippen LogP) is 4.29. The highest BCUT2D eigenvalue weighted by molar-refractivity contribution is 7.55. The number of benzene rings is 1. The minimum atomic E-state index is -3.89. The van der Waals surface area contributed by atoms with Crippen LogP contribution < -0.4 is 0 Å². The summed E-state index contributed by atoms with van der Waals surface area (Å²) < 4.78 is 31.7. The van der Waals surface area contributed by atoms with Crippen molar-refractivity contribution in [2.24, 2.45) is 0 Å². The van der Waals surface area contributed by atoms with Gasteiger partial charge < -0.3 is 13.8 Å². The van der Waals surface area contributed by atoms with Gasteiger partial charge in [0.05, 0.1) is 31.0 Å². The van der Waals surface area contributed by atoms with Gasteiger partial charge in [-0.05, 0) is 39.0 Å². The maximum atomic E-state index is 13.7. The predicted molar refractivity (Wildman–Crippen MR) is 109 cm³/mol. The molecule has 0 saturated heterocycles. The lowest BCUT2D eigenvalue weighted by molar-refractivity contribution is -0.143. The summed E-state index contributed by atoms with van der Waals surface area (Å²) in [6.45, 7) is 5.46. The number of carbonyl (C=O) groups excluding carboxylic acids is 1. The molecule has 0 bridgehead atoms. The average molecular weight is 417 g/mol. The third-order valence-corrected chi connectivity index (χ3v) is 6.56. The van der Waals surface area contributed by atoms with Gasteiger partial charge in [-0.3, -0.25) is 13.9 Å². The SMILES string of the molecule is CCOC(=O)C(c1cc2ccccc2n1-c1ncccn1)P(=O)(OCC)OCC. The molecule has 3 rings (SSSR count). The molecule has 0 amide bonds. The molecule has 0 aliphatic heterocycles. The quantitative estimate of drug-likeness (QED) is 0.379. The molecular weight excluding hydrogens is 393 g/mol. The van der Waals surface area contributed by atoms with Crippen LogP contribution in [0.15, 0.2) is 48.8 Å². The lowest BCUT2D eigenvalue weighted by Gasteiger charge is -2.25. The van der Waals surface area contributed by atoms with Crippen molar-refractivity contribution in [3.05, 3.63) is 54.5 Å². The molecule has 1 unspecified atom stereocenters. The van der Waals surface area contributed by atoms with Crippen molar-refractivity contribution in [2.45, 2.75) is 26.4 Å². The van der Waals surface area contributed by atoms with E-state index in [0.29, 0.717) is 11.6 Å². The number of para-hydroxylation sites is 1. The van der Waals surface area contributed by atoms with Gasteiger partial charge in [0.25, 0.3) is 0 Å². The average Bonchev–Trinajstić information content (AvgIpc) is 3.08. The van der Waals surface area contributed by atoms with Crippen LogP contribution in [0.1, 0.15) is 32.1 Å². The van der Waals surface area contributed by atoms with Crippen molar-refractivity contribution in [1.29, 1.82) is 0 Å². The third-order valence-electron chi connectivity index (χ3n) is 4.22. The molecule has 0 aliphatic carbocycles. The van der Waals surface area contributed by atoms with E-state index in [1.165, 1.54) is 0 Å². The standard InChI is InChI=1S/C20H24N3O5P/c1-4-26-19(24)18(29(25,27-5-2)28-6-3)17-14-15-10-7-8-11-16(15)23(17)20-21-12-9-13-22-20/h7-14,18H,4-6H2,1-3H3. The molecule has 0 radical (unpaired) electrons. The Bertz CT molecular complexity index is 1010. The van der Waals surface area contributed by atoms with Crippen LogP contribution in [-0.4, -0.2) is 40.3 Å². The molecule has 1 aromatic carbocycles. The molecule has 154 valence electrons. The molecular formula is C20H24N3O5P. The Morgan fingerprint density at radius 1 is 1.03 bits per heavy atom. The van der Waals surface area contributed by atoms with E-state index in [9.17, 15) is 9.36 Å². The van der Waals surface area contributed by atoms with E-state index in [4.69, 9.17) is 13.8 Å². The number of ether oxygens (including phenoxy) is 1. The number of nitrogens with zero attached hydrogens (tertiary/aromatic N) is 3. The number of hydrogen-bond donors (Lipinski definition) is 0. The third kappa shape index (κ3) is 4.24. The lowest BCUT2D eigenvalue weighted by atomic mass is 10.2. The highest BCUT2D eigenvalue weighted by Crippen LogP contribution is 2.62. The van der Waals surface area contributed by atoms with Crippen molar-refractivity contribution >= 4 is 24.5 Å². The fourth-order valence-corrected chi connectivity index (χ4v) is 5.13. The van der Waals surface area contributed by atoms with Gasteiger partial charge in [0, 0.05) is 17.8 Å². The van der Waals surface area contributed by atoms with E-state index in [-0.39, 0.29) is 19.8 Å². The summed E-state index contributed by atoms with van der Waals surface area (Å²) in [5.74, 6) is -0.338. The van der Waals surface area contributed by atoms with E-state index in [0.717, 1.165) is 10.9 Å². The number of hydrogen-bond acceptors (Lipinski definition) is 7. The summed E-state index contributed by atoms with van der Waals surface area (Å²) in [5.41, 5.74) is -0.123. The summed E-state index contributed by atoms with van der Waals surface area (Å²) >= 11 is 0. The number of carbonyl (C=O) groups is 1. The van der Waals surface area contributed by atoms with Gasteiger partial charge in [-0.25, -0.2) is 9.97 Å². The molecule has 0 aliphatic rings. The maximum absolute atomic E-state index is 13.7. The molecule has 0 saturated carbocycles. The zero-order valence-corrected chi connectivity index (χ0v) is 17.5. The molecule has 9 heteroatoms. The van der Waals surface area contributed by atoms with Crippen LogP contribution in [0.5, 0.6) is 0 Å². The number of esters is 1. The second-order valence-corrected chi connectivity index (χ2v) is 8.15. The largest absolute Gasteiger partial charge is 0.465 e. The minimum absolute atomic E-state index is 0.120. The van der Waals surface area contributed by atoms with Crippen molar-refractivity contribution in [1.82, 2.24) is 14.5 Å². The van der Waals surface area contributed by atoms with Crippen LogP contribution in [0.25, 0.3) is 16.9 Å². The molecule has 0 N–H and O–H groups in total. The first-order valence-electron chi connectivity index (χ1n) is 9.48. The summed E-state index contributed by atoms with van der Waals surface area (Å²) in [5, 5.41) is 0.837. The molecule has 2 heterocycles. The van der Waals surface area contributed by atoms with Gasteiger partial charge in [-0.15, -0.1) is 0 Å². The first-order valence-corrected chi connectivity index (χ1v) is 11.1. The van der Waals surface area contributed by atoms with Gasteiger partial charge in [0.2, 0.25) is 5.95 Å². The Morgan fingerprint density at radius 2 is 1.69 bits per heavy atom. The monoisotopic (exact) mass is 417 g/mol. The van der Waals surface area contributed by atoms with E-state index in [1.54, 1.807) is 49.9 Å². The number of aromatic nitrogens is 3. The fourth-order valence-electron chi connectivity index (χ4n) is 3.19. The van der Waals surface area contributed by atoms with Gasteiger partial charge in [0.1, 0.15) is 0 Å². The van der Waals surface area contributed by atoms with E-state index >= 15 is 0 Å². The fraction of sp³-hybridized carbons (Fsp3) is 0.350. The molecule has 8 nitrogen and oxygen atoms in total. The Morgan fingerprint density at radius 3 is 2.31 bits per heavy atom. The van der Waals surface area contributed by atoms with E-state index < -0.39 is 19.2 Å². The Hall–Kier alpha value is -2.54. The Kier molecular flexibility index (Phi) is 6.79. The smallest absolute Gasteiger partial charge is 0.350 e. The van der Waals surface area contributed by atoms with E-state index in [2.05, 4.69) is 9.97 Å². The molecule has 29 heavy (non-hydrogen) atoms. The van der Waals surface area contributed by atoms with Crippen LogP contribution >= 0.6 is 7.60 Å². The van der Waals surface area contributed by atoms with Crippen LogP contribution in [0.3, 0.4) is 0 Å². The van der Waals surface area contributed by atoms with Crippen LogP contribution in [0, 0.1) is 0 Å². The number of rotatable bonds is 9. The Balaban J connectivity index is 2.30. The van der Waals surface area contributed by atoms with Gasteiger partial charge in [0.15, 0.2) is 5.66 Å². The summed E-state index contributed by atoms with van der Waals surface area (Å²) in [6.07, 6.45) is 3.20. The van der Waals surface area contributed by atoms with Crippen LogP contribution in [0.4, 0.5) is 0 Å². The molecule has 2 aromatic heterocycles. The van der Waals surface area contributed by atoms with E-state index in [1.807, 2.05) is 24.3 Å². The molecule has 1 atom stereocenters. The number of fused-ring (bicyclic) bond motifs is 1.